The van der Waals surface area contributed by atoms with Crippen LogP contribution in [0.3, 0.4) is 0 Å². The van der Waals surface area contributed by atoms with Crippen molar-refractivity contribution in [3.8, 4) is 0 Å². The molecule has 3 heteroatoms. The number of hydrogen-bond acceptors (Lipinski definition) is 2. The van der Waals surface area contributed by atoms with Crippen molar-refractivity contribution in [3.63, 3.8) is 0 Å². The summed E-state index contributed by atoms with van der Waals surface area (Å²) in [6.45, 7) is 5.94. The van der Waals surface area contributed by atoms with Gasteiger partial charge in [-0.3, -0.25) is 0 Å². The van der Waals surface area contributed by atoms with Gasteiger partial charge in [-0.1, -0.05) is 18.2 Å². The molecule has 0 saturated carbocycles. The second-order valence-electron chi connectivity index (χ2n) is 5.44. The quantitative estimate of drug-likeness (QED) is 0.780. The zero-order valence-electron chi connectivity index (χ0n) is 11.5. The fourth-order valence-electron chi connectivity index (χ4n) is 2.93. The molecule has 2 aromatic rings. The van der Waals surface area contributed by atoms with Gasteiger partial charge in [0, 0.05) is 23.6 Å². The highest BCUT2D eigenvalue weighted by atomic mass is 15.1. The lowest BCUT2D eigenvalue weighted by Gasteiger charge is -2.14. The lowest BCUT2D eigenvalue weighted by molar-refractivity contribution is 0.331. The third-order valence-corrected chi connectivity index (χ3v) is 4.02. The Morgan fingerprint density at radius 2 is 2.00 bits per heavy atom. The van der Waals surface area contributed by atoms with Crippen LogP contribution in [0.2, 0.25) is 0 Å². The molecule has 2 N–H and O–H groups in total. The molecule has 0 bridgehead atoms. The molecule has 1 aliphatic rings. The van der Waals surface area contributed by atoms with E-state index in [1.165, 1.54) is 55.4 Å². The summed E-state index contributed by atoms with van der Waals surface area (Å²) in [5.41, 5.74) is 2.60. The maximum absolute atomic E-state index is 3.56. The minimum Gasteiger partial charge on any atom is -0.361 e. The van der Waals surface area contributed by atoms with E-state index in [4.69, 9.17) is 0 Å². The Bertz CT molecular complexity index is 511. The second-order valence-corrected chi connectivity index (χ2v) is 5.44. The van der Waals surface area contributed by atoms with Gasteiger partial charge < -0.3 is 15.2 Å². The molecule has 0 atom stereocenters. The average Bonchev–Trinajstić information content (AvgIpc) is 3.08. The molecule has 1 saturated heterocycles. The monoisotopic (exact) mass is 257 g/mol. The number of para-hydroxylation sites is 1. The number of nitrogens with one attached hydrogen (secondary N) is 2. The molecule has 1 fully saturated rings. The molecule has 0 amide bonds. The van der Waals surface area contributed by atoms with Crippen molar-refractivity contribution in [1.29, 1.82) is 0 Å². The van der Waals surface area contributed by atoms with Gasteiger partial charge in [0.2, 0.25) is 0 Å². The second kappa shape index (κ2) is 6.22. The number of H-pyrrole nitrogens is 1. The first-order chi connectivity index (χ1) is 9.43. The van der Waals surface area contributed by atoms with Crippen LogP contribution in [0.1, 0.15) is 24.8 Å². The van der Waals surface area contributed by atoms with E-state index in [1.807, 2.05) is 0 Å². The molecule has 0 radical (unpaired) electrons. The molecular formula is C16H23N3. The molecule has 1 aromatic heterocycles. The first-order valence-corrected chi connectivity index (χ1v) is 7.41. The van der Waals surface area contributed by atoms with Crippen molar-refractivity contribution in [3.05, 3.63) is 36.0 Å². The van der Waals surface area contributed by atoms with Crippen LogP contribution in [-0.2, 0) is 6.54 Å². The fourth-order valence-corrected chi connectivity index (χ4v) is 2.93. The first kappa shape index (κ1) is 12.7. The highest BCUT2D eigenvalue weighted by molar-refractivity contribution is 5.82. The third-order valence-electron chi connectivity index (χ3n) is 4.02. The maximum Gasteiger partial charge on any atom is 0.0457 e. The molecule has 0 spiro atoms. The van der Waals surface area contributed by atoms with E-state index in [-0.39, 0.29) is 0 Å². The summed E-state index contributed by atoms with van der Waals surface area (Å²) >= 11 is 0. The van der Waals surface area contributed by atoms with Crippen LogP contribution in [0.15, 0.2) is 30.5 Å². The van der Waals surface area contributed by atoms with Gasteiger partial charge in [0.05, 0.1) is 0 Å². The molecule has 3 rings (SSSR count). The largest absolute Gasteiger partial charge is 0.361 e. The van der Waals surface area contributed by atoms with Crippen molar-refractivity contribution < 1.29 is 0 Å². The van der Waals surface area contributed by atoms with Crippen LogP contribution in [0.4, 0.5) is 0 Å². The topological polar surface area (TPSA) is 31.1 Å². The number of aromatic amines is 1. The van der Waals surface area contributed by atoms with Crippen molar-refractivity contribution in [2.24, 2.45) is 0 Å². The Morgan fingerprint density at radius 1 is 1.16 bits per heavy atom. The summed E-state index contributed by atoms with van der Waals surface area (Å²) in [6.07, 6.45) is 6.16. The van der Waals surface area contributed by atoms with E-state index in [9.17, 15) is 0 Å². The molecular weight excluding hydrogens is 234 g/mol. The SMILES string of the molecule is c1ccc2c(CNCCCN3CCCC3)c[nH]c2c1. The minimum absolute atomic E-state index is 0.962. The minimum atomic E-state index is 0.962. The lowest BCUT2D eigenvalue weighted by Crippen LogP contribution is -2.24. The first-order valence-electron chi connectivity index (χ1n) is 7.41. The standard InChI is InChI=1S/C16H23N3/c1-2-7-16-15(6-1)14(13-18-16)12-17-8-5-11-19-9-3-4-10-19/h1-2,6-7,13,17-18H,3-5,8-12H2. The molecule has 1 aliphatic heterocycles. The molecule has 2 heterocycles. The Hall–Kier alpha value is -1.32. The van der Waals surface area contributed by atoms with Crippen molar-refractivity contribution in [2.45, 2.75) is 25.8 Å². The summed E-state index contributed by atoms with van der Waals surface area (Å²) in [6, 6.07) is 8.50. The van der Waals surface area contributed by atoms with Crippen molar-refractivity contribution in [1.82, 2.24) is 15.2 Å². The Balaban J connectivity index is 1.42. The van der Waals surface area contributed by atoms with Gasteiger partial charge in [0.1, 0.15) is 0 Å². The van der Waals surface area contributed by atoms with Crippen LogP contribution in [0, 0.1) is 0 Å². The van der Waals surface area contributed by atoms with E-state index in [0.717, 1.165) is 13.1 Å². The number of hydrogen-bond donors (Lipinski definition) is 2. The van der Waals surface area contributed by atoms with Gasteiger partial charge in [-0.2, -0.15) is 0 Å². The number of likely N-dealkylation sites (tertiary alicyclic amines) is 1. The zero-order valence-corrected chi connectivity index (χ0v) is 11.5. The van der Waals surface area contributed by atoms with Gasteiger partial charge in [0.15, 0.2) is 0 Å². The maximum atomic E-state index is 3.56. The van der Waals surface area contributed by atoms with E-state index < -0.39 is 0 Å². The number of rotatable bonds is 6. The van der Waals surface area contributed by atoms with Crippen LogP contribution in [0.25, 0.3) is 10.9 Å². The highest BCUT2D eigenvalue weighted by Gasteiger charge is 2.10. The molecule has 3 nitrogen and oxygen atoms in total. The predicted octanol–water partition coefficient (Wildman–Crippen LogP) is 2.74. The number of aromatic nitrogens is 1. The number of fused-ring (bicyclic) bond motifs is 1. The average molecular weight is 257 g/mol. The summed E-state index contributed by atoms with van der Waals surface area (Å²) in [7, 11) is 0. The summed E-state index contributed by atoms with van der Waals surface area (Å²) in [4.78, 5) is 5.90. The van der Waals surface area contributed by atoms with Crippen LogP contribution in [-0.4, -0.2) is 36.1 Å². The van der Waals surface area contributed by atoms with Crippen molar-refractivity contribution in [2.75, 3.05) is 26.2 Å². The van der Waals surface area contributed by atoms with E-state index in [1.54, 1.807) is 0 Å². The van der Waals surface area contributed by atoms with Crippen molar-refractivity contribution >= 4 is 10.9 Å². The number of benzene rings is 1. The Labute approximate surface area is 115 Å². The van der Waals surface area contributed by atoms with E-state index >= 15 is 0 Å². The molecule has 102 valence electrons. The summed E-state index contributed by atoms with van der Waals surface area (Å²) in [5, 5.41) is 4.90. The van der Waals surface area contributed by atoms with E-state index in [2.05, 4.69) is 45.7 Å². The summed E-state index contributed by atoms with van der Waals surface area (Å²) in [5.74, 6) is 0. The van der Waals surface area contributed by atoms with Gasteiger partial charge in [0.25, 0.3) is 0 Å². The Kier molecular flexibility index (Phi) is 4.16. The molecule has 19 heavy (non-hydrogen) atoms. The normalized spacial score (nSPS) is 16.4. The molecule has 1 aromatic carbocycles. The Morgan fingerprint density at radius 3 is 2.89 bits per heavy atom. The zero-order chi connectivity index (χ0) is 12.9. The van der Waals surface area contributed by atoms with E-state index in [0.29, 0.717) is 0 Å². The highest BCUT2D eigenvalue weighted by Crippen LogP contribution is 2.17. The van der Waals surface area contributed by atoms with Gasteiger partial charge in [-0.15, -0.1) is 0 Å². The predicted molar refractivity (Wildman–Crippen MR) is 80.3 cm³/mol. The van der Waals surface area contributed by atoms with Gasteiger partial charge in [-0.05, 0) is 57.1 Å². The summed E-state index contributed by atoms with van der Waals surface area (Å²) < 4.78 is 0. The fraction of sp³-hybridized carbons (Fsp3) is 0.500. The van der Waals surface area contributed by atoms with Gasteiger partial charge in [-0.25, -0.2) is 0 Å². The van der Waals surface area contributed by atoms with Crippen LogP contribution >= 0.6 is 0 Å². The lowest BCUT2D eigenvalue weighted by atomic mass is 10.2. The van der Waals surface area contributed by atoms with Gasteiger partial charge >= 0.3 is 0 Å². The third kappa shape index (κ3) is 3.17. The molecule has 0 unspecified atom stereocenters. The molecule has 0 aliphatic carbocycles. The van der Waals surface area contributed by atoms with Crippen LogP contribution < -0.4 is 5.32 Å². The van der Waals surface area contributed by atoms with Crippen LogP contribution in [0.5, 0.6) is 0 Å². The number of nitrogens with zero attached hydrogens (tertiary/aromatic N) is 1. The smallest absolute Gasteiger partial charge is 0.0457 e.